The van der Waals surface area contributed by atoms with Crippen LogP contribution < -0.4 is 0 Å². The number of rotatable bonds is 13. The topological polar surface area (TPSA) is 44.8 Å². The highest BCUT2D eigenvalue weighted by molar-refractivity contribution is 5.71. The summed E-state index contributed by atoms with van der Waals surface area (Å²) in [5.41, 5.74) is -0.486. The van der Waals surface area contributed by atoms with Gasteiger partial charge in [0.2, 0.25) is 0 Å². The first-order valence-electron chi connectivity index (χ1n) is 8.91. The van der Waals surface area contributed by atoms with Crippen LogP contribution in [0.3, 0.4) is 0 Å². The Hall–Kier alpha value is -0.610. The van der Waals surface area contributed by atoms with Gasteiger partial charge in [-0.25, -0.2) is 4.79 Å². The smallest absolute Gasteiger partial charge is 0.269 e. The Balaban J connectivity index is 4.20. The van der Waals surface area contributed by atoms with Crippen molar-refractivity contribution in [2.24, 2.45) is 11.8 Å². The Labute approximate surface area is 136 Å². The maximum atomic E-state index is 12.1. The monoisotopic (exact) mass is 316 g/mol. The predicted molar refractivity (Wildman–Crippen MR) is 89.0 cm³/mol. The molecular weight excluding hydrogens is 280 g/mol. The second-order valence-corrected chi connectivity index (χ2v) is 7.00. The Morgan fingerprint density at radius 2 is 1.55 bits per heavy atom. The molecule has 0 aliphatic rings. The molecule has 0 radical (unpaired) electrons. The van der Waals surface area contributed by atoms with Crippen molar-refractivity contribution < 1.29 is 19.6 Å². The largest absolute Gasteiger partial charge is 0.348 e. The molecule has 0 heterocycles. The molecule has 1 unspecified atom stereocenters. The summed E-state index contributed by atoms with van der Waals surface area (Å²) in [6.45, 7) is 12.2. The van der Waals surface area contributed by atoms with Crippen molar-refractivity contribution in [3.63, 3.8) is 0 Å². The molecule has 22 heavy (non-hydrogen) atoms. The van der Waals surface area contributed by atoms with E-state index in [0.717, 1.165) is 32.1 Å². The Morgan fingerprint density at radius 3 is 2.09 bits per heavy atom. The average Bonchev–Trinajstić information content (AvgIpc) is 2.46. The van der Waals surface area contributed by atoms with Crippen LogP contribution in [-0.2, 0) is 19.6 Å². The van der Waals surface area contributed by atoms with Crippen LogP contribution in [0.1, 0.15) is 92.9 Å². The van der Waals surface area contributed by atoms with Gasteiger partial charge in [0.1, 0.15) is 5.60 Å². The van der Waals surface area contributed by atoms with Crippen LogP contribution in [0.2, 0.25) is 0 Å². The van der Waals surface area contributed by atoms with Gasteiger partial charge in [0.15, 0.2) is 0 Å². The van der Waals surface area contributed by atoms with Gasteiger partial charge in [-0.1, -0.05) is 66.2 Å². The highest BCUT2D eigenvalue weighted by Crippen LogP contribution is 2.22. The lowest BCUT2D eigenvalue weighted by atomic mass is 9.95. The molecule has 0 aliphatic carbocycles. The van der Waals surface area contributed by atoms with Crippen molar-refractivity contribution in [3.05, 3.63) is 0 Å². The summed E-state index contributed by atoms with van der Waals surface area (Å²) in [5.74, 6) is -0.122. The molecule has 0 rings (SSSR count). The SMILES string of the molecule is CCCCCCC(CCCC)C(=O)OOOC(C)(C)C(C)C. The van der Waals surface area contributed by atoms with Gasteiger partial charge in [-0.15, -0.1) is 0 Å². The van der Waals surface area contributed by atoms with Crippen LogP contribution in [-0.4, -0.2) is 11.6 Å². The molecule has 1 atom stereocenters. The second-order valence-electron chi connectivity index (χ2n) is 7.00. The summed E-state index contributed by atoms with van der Waals surface area (Å²) in [6, 6.07) is 0. The maximum absolute atomic E-state index is 12.1. The summed E-state index contributed by atoms with van der Waals surface area (Å²) in [7, 11) is 0. The van der Waals surface area contributed by atoms with Gasteiger partial charge >= 0.3 is 5.97 Å². The molecule has 0 aliphatic heterocycles. The van der Waals surface area contributed by atoms with Gasteiger partial charge in [0, 0.05) is 0 Å². The number of hydrogen-bond donors (Lipinski definition) is 0. The molecule has 4 nitrogen and oxygen atoms in total. The van der Waals surface area contributed by atoms with E-state index in [9.17, 15) is 4.79 Å². The van der Waals surface area contributed by atoms with Crippen LogP contribution in [0.15, 0.2) is 0 Å². The van der Waals surface area contributed by atoms with Crippen LogP contribution in [0.5, 0.6) is 0 Å². The second kappa shape index (κ2) is 11.9. The summed E-state index contributed by atoms with van der Waals surface area (Å²) in [4.78, 5) is 22.2. The fourth-order valence-electron chi connectivity index (χ4n) is 1.95. The number of unbranched alkanes of at least 4 members (excludes halogenated alkanes) is 4. The molecule has 0 amide bonds. The molecule has 0 saturated carbocycles. The molecule has 0 spiro atoms. The van der Waals surface area contributed by atoms with Crippen LogP contribution in [0, 0.1) is 11.8 Å². The Morgan fingerprint density at radius 1 is 0.955 bits per heavy atom. The highest BCUT2D eigenvalue weighted by Gasteiger charge is 2.27. The molecule has 132 valence electrons. The predicted octanol–water partition coefficient (Wildman–Crippen LogP) is 5.60. The minimum absolute atomic E-state index is 0.0810. The third-order valence-corrected chi connectivity index (χ3v) is 4.40. The van der Waals surface area contributed by atoms with Crippen molar-refractivity contribution in [3.8, 4) is 0 Å². The van der Waals surface area contributed by atoms with Crippen LogP contribution >= 0.6 is 0 Å². The molecular formula is C18H36O4. The van der Waals surface area contributed by atoms with Crippen molar-refractivity contribution in [2.75, 3.05) is 0 Å². The van der Waals surface area contributed by atoms with Crippen molar-refractivity contribution in [2.45, 2.75) is 98.5 Å². The van der Waals surface area contributed by atoms with Gasteiger partial charge < -0.3 is 0 Å². The first-order valence-corrected chi connectivity index (χ1v) is 8.91. The van der Waals surface area contributed by atoms with E-state index in [0.29, 0.717) is 0 Å². The maximum Gasteiger partial charge on any atom is 0.348 e. The van der Waals surface area contributed by atoms with E-state index < -0.39 is 5.60 Å². The molecule has 4 heteroatoms. The molecule has 0 aromatic carbocycles. The van der Waals surface area contributed by atoms with E-state index in [-0.39, 0.29) is 17.8 Å². The normalized spacial score (nSPS) is 13.4. The molecule has 0 saturated heterocycles. The summed E-state index contributed by atoms with van der Waals surface area (Å²) < 4.78 is 0. The van der Waals surface area contributed by atoms with Crippen LogP contribution in [0.25, 0.3) is 0 Å². The molecule has 0 bridgehead atoms. The molecule has 0 aromatic heterocycles. The quantitative estimate of drug-likeness (QED) is 0.252. The van der Waals surface area contributed by atoms with Crippen molar-refractivity contribution in [1.82, 2.24) is 0 Å². The average molecular weight is 316 g/mol. The molecule has 0 fully saturated rings. The number of carbonyl (C=O) groups is 1. The van der Waals surface area contributed by atoms with E-state index in [4.69, 9.17) is 14.8 Å². The van der Waals surface area contributed by atoms with Crippen molar-refractivity contribution >= 4 is 5.97 Å². The zero-order chi connectivity index (χ0) is 17.0. The lowest BCUT2D eigenvalue weighted by Gasteiger charge is -2.26. The van der Waals surface area contributed by atoms with E-state index in [1.807, 2.05) is 27.7 Å². The summed E-state index contributed by atoms with van der Waals surface area (Å²) in [6.07, 6.45) is 8.50. The highest BCUT2D eigenvalue weighted by atomic mass is 17.5. The lowest BCUT2D eigenvalue weighted by molar-refractivity contribution is -0.521. The summed E-state index contributed by atoms with van der Waals surface area (Å²) in [5, 5.41) is 4.76. The van der Waals surface area contributed by atoms with Gasteiger partial charge in [0.05, 0.1) is 5.92 Å². The van der Waals surface area contributed by atoms with Crippen molar-refractivity contribution in [1.29, 1.82) is 0 Å². The standard InChI is InChI=1S/C18H36O4/c1-7-9-11-12-14-16(13-10-8-2)17(19)20-22-21-18(5,6)15(3)4/h15-16H,7-14H2,1-6H3. The van der Waals surface area contributed by atoms with E-state index in [1.54, 1.807) is 0 Å². The van der Waals surface area contributed by atoms with E-state index in [1.165, 1.54) is 19.3 Å². The van der Waals surface area contributed by atoms with E-state index >= 15 is 0 Å². The first-order chi connectivity index (χ1) is 10.3. The zero-order valence-corrected chi connectivity index (χ0v) is 15.4. The summed E-state index contributed by atoms with van der Waals surface area (Å²) >= 11 is 0. The lowest BCUT2D eigenvalue weighted by Crippen LogP contribution is -2.32. The minimum Gasteiger partial charge on any atom is -0.269 e. The minimum atomic E-state index is -0.486. The van der Waals surface area contributed by atoms with Crippen LogP contribution in [0.4, 0.5) is 0 Å². The van der Waals surface area contributed by atoms with Gasteiger partial charge in [0.25, 0.3) is 0 Å². The third kappa shape index (κ3) is 9.42. The molecule has 0 aromatic rings. The fourth-order valence-corrected chi connectivity index (χ4v) is 1.95. The zero-order valence-electron chi connectivity index (χ0n) is 15.4. The number of carbonyl (C=O) groups excluding carboxylic acids is 1. The Bertz CT molecular complexity index is 287. The fraction of sp³-hybridized carbons (Fsp3) is 0.944. The molecule has 0 N–H and O–H groups in total. The van der Waals surface area contributed by atoms with Gasteiger partial charge in [-0.05, 0) is 37.6 Å². The third-order valence-electron chi connectivity index (χ3n) is 4.40. The van der Waals surface area contributed by atoms with Gasteiger partial charge in [-0.3, -0.25) is 4.89 Å². The Kier molecular flexibility index (Phi) is 11.6. The first kappa shape index (κ1) is 21.4. The van der Waals surface area contributed by atoms with E-state index in [2.05, 4.69) is 13.8 Å². The number of hydrogen-bond acceptors (Lipinski definition) is 4. The van der Waals surface area contributed by atoms with Gasteiger partial charge in [-0.2, -0.15) is 4.89 Å².